The number of benzene rings is 2. The number of aromatic nitrogens is 2. The lowest BCUT2D eigenvalue weighted by molar-refractivity contribution is 0.219. The second-order valence-electron chi connectivity index (χ2n) is 4.90. The van der Waals surface area contributed by atoms with Crippen LogP contribution in [0.3, 0.4) is 0 Å². The van der Waals surface area contributed by atoms with Crippen LogP contribution >= 0.6 is 27.5 Å². The summed E-state index contributed by atoms with van der Waals surface area (Å²) in [6.07, 6.45) is -0.833. The highest BCUT2D eigenvalue weighted by Crippen LogP contribution is 2.33. The third kappa shape index (κ3) is 2.64. The monoisotopic (exact) mass is 366 g/mol. The van der Waals surface area contributed by atoms with Crippen LogP contribution in [0.1, 0.15) is 22.8 Å². The van der Waals surface area contributed by atoms with Gasteiger partial charge in [0.2, 0.25) is 0 Å². The van der Waals surface area contributed by atoms with Gasteiger partial charge in [-0.15, -0.1) is 0 Å². The number of rotatable bonds is 2. The van der Waals surface area contributed by atoms with Gasteiger partial charge in [-0.25, -0.2) is 4.79 Å². The van der Waals surface area contributed by atoms with Crippen molar-refractivity contribution in [3.63, 3.8) is 0 Å². The van der Waals surface area contributed by atoms with E-state index in [2.05, 4.69) is 25.9 Å². The molecule has 0 aliphatic carbocycles. The largest absolute Gasteiger partial charge is 0.384 e. The van der Waals surface area contributed by atoms with E-state index in [9.17, 15) is 9.90 Å². The van der Waals surface area contributed by atoms with E-state index in [0.29, 0.717) is 21.6 Å². The fourth-order valence-electron chi connectivity index (χ4n) is 2.36. The number of aliphatic hydroxyl groups is 1. The number of aryl methyl sites for hydroxylation is 1. The number of aromatic amines is 2. The predicted molar refractivity (Wildman–Crippen MR) is 86.9 cm³/mol. The number of imidazole rings is 1. The zero-order valence-corrected chi connectivity index (χ0v) is 13.4. The van der Waals surface area contributed by atoms with E-state index in [1.165, 1.54) is 0 Å². The maximum Gasteiger partial charge on any atom is 0.323 e. The molecular formula is C15H12BrClN2O2. The van der Waals surface area contributed by atoms with Gasteiger partial charge in [-0.05, 0) is 42.3 Å². The van der Waals surface area contributed by atoms with Crippen LogP contribution in [0.5, 0.6) is 0 Å². The third-order valence-electron chi connectivity index (χ3n) is 3.46. The van der Waals surface area contributed by atoms with Gasteiger partial charge in [0.05, 0.1) is 11.0 Å². The highest BCUT2D eigenvalue weighted by Gasteiger charge is 2.17. The molecule has 1 heterocycles. The zero-order valence-electron chi connectivity index (χ0n) is 11.1. The van der Waals surface area contributed by atoms with Gasteiger partial charge in [-0.1, -0.05) is 33.6 Å². The van der Waals surface area contributed by atoms with E-state index in [1.54, 1.807) is 24.3 Å². The molecule has 0 aliphatic rings. The average Bonchev–Trinajstić information content (AvgIpc) is 2.79. The molecule has 0 aliphatic heterocycles. The van der Waals surface area contributed by atoms with E-state index in [0.717, 1.165) is 15.6 Å². The number of hydrogen-bond donors (Lipinski definition) is 3. The zero-order chi connectivity index (χ0) is 15.1. The first-order chi connectivity index (χ1) is 9.95. The molecular weight excluding hydrogens is 356 g/mol. The predicted octanol–water partition coefficient (Wildman–Crippen LogP) is 3.66. The minimum Gasteiger partial charge on any atom is -0.384 e. The molecule has 3 N–H and O–H groups in total. The molecule has 0 amide bonds. The summed E-state index contributed by atoms with van der Waals surface area (Å²) in [7, 11) is 0. The third-order valence-corrected chi connectivity index (χ3v) is 4.39. The maximum absolute atomic E-state index is 11.3. The van der Waals surface area contributed by atoms with E-state index in [-0.39, 0.29) is 5.69 Å². The molecule has 0 spiro atoms. The van der Waals surface area contributed by atoms with Gasteiger partial charge in [-0.2, -0.15) is 0 Å². The van der Waals surface area contributed by atoms with E-state index in [1.807, 2.05) is 13.0 Å². The van der Waals surface area contributed by atoms with Crippen LogP contribution in [0, 0.1) is 6.92 Å². The number of hydrogen-bond acceptors (Lipinski definition) is 2. The van der Waals surface area contributed by atoms with Crippen molar-refractivity contribution >= 4 is 38.6 Å². The molecule has 2 aromatic carbocycles. The lowest BCUT2D eigenvalue weighted by atomic mass is 9.97. The van der Waals surface area contributed by atoms with Crippen molar-refractivity contribution in [2.24, 2.45) is 0 Å². The van der Waals surface area contributed by atoms with Crippen LogP contribution < -0.4 is 5.69 Å². The smallest absolute Gasteiger partial charge is 0.323 e. The van der Waals surface area contributed by atoms with Gasteiger partial charge < -0.3 is 15.1 Å². The summed E-state index contributed by atoms with van der Waals surface area (Å²) in [5, 5.41) is 11.2. The average molecular weight is 368 g/mol. The number of aliphatic hydroxyl groups excluding tert-OH is 1. The highest BCUT2D eigenvalue weighted by molar-refractivity contribution is 9.10. The van der Waals surface area contributed by atoms with E-state index >= 15 is 0 Å². The van der Waals surface area contributed by atoms with Crippen LogP contribution in [0.15, 0.2) is 39.6 Å². The molecule has 1 unspecified atom stereocenters. The van der Waals surface area contributed by atoms with Crippen molar-refractivity contribution in [3.05, 3.63) is 67.0 Å². The first-order valence-corrected chi connectivity index (χ1v) is 7.48. The number of nitrogens with one attached hydrogen (secondary N) is 2. The number of halogens is 2. The molecule has 0 radical (unpaired) electrons. The van der Waals surface area contributed by atoms with Crippen molar-refractivity contribution < 1.29 is 5.11 Å². The molecule has 0 saturated carbocycles. The Balaban J connectivity index is 2.16. The lowest BCUT2D eigenvalue weighted by Gasteiger charge is -2.16. The minimum absolute atomic E-state index is 0.275. The van der Waals surface area contributed by atoms with Gasteiger partial charge in [0.25, 0.3) is 0 Å². The molecule has 0 bridgehead atoms. The Bertz CT molecular complexity index is 885. The van der Waals surface area contributed by atoms with Crippen LogP contribution in [0.4, 0.5) is 0 Å². The van der Waals surface area contributed by atoms with E-state index in [4.69, 9.17) is 11.6 Å². The normalized spacial score (nSPS) is 12.8. The van der Waals surface area contributed by atoms with Crippen LogP contribution in [-0.2, 0) is 0 Å². The summed E-state index contributed by atoms with van der Waals surface area (Å²) in [4.78, 5) is 16.7. The van der Waals surface area contributed by atoms with Crippen molar-refractivity contribution in [1.82, 2.24) is 9.97 Å². The molecule has 1 aromatic heterocycles. The summed E-state index contributed by atoms with van der Waals surface area (Å²) in [5.74, 6) is 0. The second-order valence-corrected chi connectivity index (χ2v) is 6.19. The van der Waals surface area contributed by atoms with Crippen molar-refractivity contribution in [2.45, 2.75) is 13.0 Å². The molecule has 0 saturated heterocycles. The van der Waals surface area contributed by atoms with Crippen molar-refractivity contribution in [3.8, 4) is 0 Å². The SMILES string of the molecule is Cc1ccc(Cl)cc1C(O)c1cc2[nH]c(=O)[nH]c2cc1Br. The molecule has 21 heavy (non-hydrogen) atoms. The summed E-state index contributed by atoms with van der Waals surface area (Å²) >= 11 is 9.45. The summed E-state index contributed by atoms with van der Waals surface area (Å²) in [6.45, 7) is 1.92. The van der Waals surface area contributed by atoms with Crippen molar-refractivity contribution in [1.29, 1.82) is 0 Å². The summed E-state index contributed by atoms with van der Waals surface area (Å²) in [5.41, 5.74) is 3.41. The highest BCUT2D eigenvalue weighted by atomic mass is 79.9. The first-order valence-electron chi connectivity index (χ1n) is 6.31. The number of fused-ring (bicyclic) bond motifs is 1. The number of H-pyrrole nitrogens is 2. The topological polar surface area (TPSA) is 68.9 Å². The standard InChI is InChI=1S/C15H12BrClN2O2/c1-7-2-3-8(17)4-9(7)14(20)10-5-12-13(6-11(10)16)19-15(21)18-12/h2-6,14,20H,1H3,(H2,18,19,21). The Morgan fingerprint density at radius 3 is 2.52 bits per heavy atom. The Morgan fingerprint density at radius 1 is 1.14 bits per heavy atom. The molecule has 1 atom stereocenters. The van der Waals surface area contributed by atoms with E-state index < -0.39 is 6.10 Å². The first kappa shape index (κ1) is 14.4. The second kappa shape index (κ2) is 5.33. The van der Waals surface area contributed by atoms with Gasteiger partial charge in [0.1, 0.15) is 6.10 Å². The fraction of sp³-hybridized carbons (Fsp3) is 0.133. The van der Waals surface area contributed by atoms with Gasteiger partial charge in [-0.3, -0.25) is 0 Å². The Labute approximate surface area is 133 Å². The van der Waals surface area contributed by atoms with Gasteiger partial charge in [0.15, 0.2) is 0 Å². The molecule has 0 fully saturated rings. The fourth-order valence-corrected chi connectivity index (χ4v) is 3.10. The van der Waals surface area contributed by atoms with Crippen LogP contribution in [-0.4, -0.2) is 15.1 Å². The quantitative estimate of drug-likeness (QED) is 0.647. The molecule has 4 nitrogen and oxygen atoms in total. The molecule has 3 rings (SSSR count). The Hall–Kier alpha value is -1.56. The van der Waals surface area contributed by atoms with Crippen LogP contribution in [0.25, 0.3) is 11.0 Å². The van der Waals surface area contributed by atoms with Gasteiger partial charge in [0, 0.05) is 15.1 Å². The maximum atomic E-state index is 11.3. The molecule has 6 heteroatoms. The molecule has 3 aromatic rings. The minimum atomic E-state index is -0.833. The Morgan fingerprint density at radius 2 is 1.81 bits per heavy atom. The lowest BCUT2D eigenvalue weighted by Crippen LogP contribution is -2.03. The summed E-state index contributed by atoms with van der Waals surface area (Å²) < 4.78 is 0.720. The van der Waals surface area contributed by atoms with Crippen LogP contribution in [0.2, 0.25) is 5.02 Å². The van der Waals surface area contributed by atoms with Gasteiger partial charge >= 0.3 is 5.69 Å². The summed E-state index contributed by atoms with van der Waals surface area (Å²) in [6, 6.07) is 8.92. The Kier molecular flexibility index (Phi) is 3.65. The van der Waals surface area contributed by atoms with Crippen molar-refractivity contribution in [2.75, 3.05) is 0 Å². The molecule has 108 valence electrons.